The largest absolute Gasteiger partial charge is 0.456 e. The Hall–Kier alpha value is -7.97. The van der Waals surface area contributed by atoms with Crippen LogP contribution in [0, 0.1) is 17.7 Å². The Kier molecular flexibility index (Phi) is 8.12. The van der Waals surface area contributed by atoms with Crippen LogP contribution in [-0.2, 0) is 0 Å². The summed E-state index contributed by atoms with van der Waals surface area (Å²) in [6.45, 7) is 6.49. The maximum atomic E-state index is 8.53. The van der Waals surface area contributed by atoms with E-state index in [0.717, 1.165) is 104 Å². The van der Waals surface area contributed by atoms with Gasteiger partial charge in [0.2, 0.25) is 0 Å². The number of aromatic nitrogens is 2. The summed E-state index contributed by atoms with van der Waals surface area (Å²) in [6.07, 6.45) is 11.1. The molecule has 0 atom stereocenters. The lowest BCUT2D eigenvalue weighted by Crippen LogP contribution is -2.26. The average molecular weight is 753 g/mol. The van der Waals surface area contributed by atoms with Crippen LogP contribution >= 0.6 is 0 Å². The molecule has 0 aliphatic heterocycles. The highest BCUT2D eigenvalue weighted by molar-refractivity contribution is 6.11. The minimum Gasteiger partial charge on any atom is -0.456 e. The van der Waals surface area contributed by atoms with E-state index < -0.39 is 0 Å². The summed E-state index contributed by atoms with van der Waals surface area (Å²) in [5, 5.41) is 29.1. The monoisotopic (exact) mass is 752 g/mol. The second-order valence-corrected chi connectivity index (χ2v) is 14.3. The number of nitrogens with two attached hydrogens (primary N) is 1. The fourth-order valence-corrected chi connectivity index (χ4v) is 8.30. The Morgan fingerprint density at radius 3 is 1.78 bits per heavy atom. The molecule has 0 bridgehead atoms. The van der Waals surface area contributed by atoms with Gasteiger partial charge in [0.15, 0.2) is 0 Å². The molecule has 0 saturated carbocycles. The number of hydrogen-bond acceptors (Lipinski definition) is 6. The lowest BCUT2D eigenvalue weighted by molar-refractivity contribution is 0.668. The molecule has 278 valence electrons. The Morgan fingerprint density at radius 1 is 0.655 bits per heavy atom. The topological polar surface area (TPSA) is 122 Å². The molecule has 0 amide bonds. The zero-order valence-corrected chi connectivity index (χ0v) is 31.5. The molecule has 0 spiro atoms. The van der Waals surface area contributed by atoms with Crippen LogP contribution in [0.5, 0.6) is 0 Å². The molecule has 8 heteroatoms. The lowest BCUT2D eigenvalue weighted by Gasteiger charge is -2.09. The van der Waals surface area contributed by atoms with Gasteiger partial charge < -0.3 is 30.0 Å². The van der Waals surface area contributed by atoms with Gasteiger partial charge in [0.05, 0.1) is 27.8 Å². The Morgan fingerprint density at radius 2 is 1.19 bits per heavy atom. The summed E-state index contributed by atoms with van der Waals surface area (Å²) in [7, 11) is 0. The van der Waals surface area contributed by atoms with E-state index in [1.807, 2.05) is 71.3 Å². The highest BCUT2D eigenvalue weighted by Crippen LogP contribution is 2.37. The van der Waals surface area contributed by atoms with Crippen molar-refractivity contribution in [3.05, 3.63) is 155 Å². The predicted octanol–water partition coefficient (Wildman–Crippen LogP) is 10.8. The molecule has 0 unspecified atom stereocenters. The zero-order valence-electron chi connectivity index (χ0n) is 31.5. The SMILES string of the molecule is C=c1/c(=C\C=N)n(/N=C/C=C(\C=N)n2c(/C=C\N)c(C)c3cc(-c4ccc5oc6ccccc6c5c4)ccc32)c2ccc(-c3ccc4oc5ccccc5c4c3)cc12. The van der Waals surface area contributed by atoms with Crippen LogP contribution < -0.4 is 16.3 Å². The van der Waals surface area contributed by atoms with E-state index in [1.54, 1.807) is 17.0 Å². The van der Waals surface area contributed by atoms with Gasteiger partial charge >= 0.3 is 0 Å². The Balaban J connectivity index is 1.04. The minimum absolute atomic E-state index is 0.599. The van der Waals surface area contributed by atoms with Crippen LogP contribution in [0.4, 0.5) is 0 Å². The van der Waals surface area contributed by atoms with Crippen LogP contribution in [0.15, 0.2) is 148 Å². The van der Waals surface area contributed by atoms with Crippen LogP contribution in [0.25, 0.3) is 112 Å². The first-order valence-electron chi connectivity index (χ1n) is 18.9. The molecule has 10 rings (SSSR count). The van der Waals surface area contributed by atoms with Crippen LogP contribution in [0.1, 0.15) is 11.3 Å². The molecule has 0 fully saturated rings. The smallest absolute Gasteiger partial charge is 0.135 e. The summed E-state index contributed by atoms with van der Waals surface area (Å²) in [5.41, 5.74) is 18.0. The Bertz CT molecular complexity index is 3550. The molecule has 8 nitrogen and oxygen atoms in total. The number of nitrogens with one attached hydrogen (secondary N) is 2. The van der Waals surface area contributed by atoms with Crippen molar-refractivity contribution in [1.29, 1.82) is 10.8 Å². The van der Waals surface area contributed by atoms with Gasteiger partial charge in [-0.25, -0.2) is 4.68 Å². The van der Waals surface area contributed by atoms with Crippen molar-refractivity contribution in [2.24, 2.45) is 10.8 Å². The van der Waals surface area contributed by atoms with Crippen molar-refractivity contribution in [3.8, 4) is 22.3 Å². The predicted molar refractivity (Wildman–Crippen MR) is 242 cm³/mol. The first kappa shape index (κ1) is 34.5. The summed E-state index contributed by atoms with van der Waals surface area (Å²) in [6, 6.07) is 41.4. The fourth-order valence-electron chi connectivity index (χ4n) is 8.30. The molecule has 10 aromatic rings. The quantitative estimate of drug-likeness (QED) is 0.134. The summed E-state index contributed by atoms with van der Waals surface area (Å²) >= 11 is 0. The highest BCUT2D eigenvalue weighted by atomic mass is 16.3. The van der Waals surface area contributed by atoms with Gasteiger partial charge in [-0.15, -0.1) is 0 Å². The molecule has 0 saturated heterocycles. The number of fused-ring (bicyclic) bond motifs is 8. The number of nitrogens with zero attached hydrogens (tertiary/aromatic N) is 3. The lowest BCUT2D eigenvalue weighted by atomic mass is 10.0. The maximum Gasteiger partial charge on any atom is 0.135 e. The zero-order chi connectivity index (χ0) is 39.5. The van der Waals surface area contributed by atoms with Gasteiger partial charge in [-0.1, -0.05) is 67.2 Å². The van der Waals surface area contributed by atoms with Crippen molar-refractivity contribution in [2.75, 3.05) is 0 Å². The van der Waals surface area contributed by atoms with Gasteiger partial charge in [0, 0.05) is 56.2 Å². The molecule has 4 heterocycles. The van der Waals surface area contributed by atoms with Crippen molar-refractivity contribution < 1.29 is 8.83 Å². The van der Waals surface area contributed by atoms with Gasteiger partial charge in [-0.2, -0.15) is 5.10 Å². The van der Waals surface area contributed by atoms with Gasteiger partial charge in [0.1, 0.15) is 22.3 Å². The number of hydrogen-bond donors (Lipinski definition) is 3. The number of furan rings is 2. The van der Waals surface area contributed by atoms with Crippen molar-refractivity contribution in [2.45, 2.75) is 6.92 Å². The van der Waals surface area contributed by atoms with E-state index in [0.29, 0.717) is 11.0 Å². The second-order valence-electron chi connectivity index (χ2n) is 14.3. The highest BCUT2D eigenvalue weighted by Gasteiger charge is 2.17. The third-order valence-corrected chi connectivity index (χ3v) is 11.1. The summed E-state index contributed by atoms with van der Waals surface area (Å²) < 4.78 is 16.0. The molecule has 4 N–H and O–H groups in total. The van der Waals surface area contributed by atoms with Crippen molar-refractivity contribution in [3.63, 3.8) is 0 Å². The van der Waals surface area contributed by atoms with Crippen molar-refractivity contribution in [1.82, 2.24) is 9.24 Å². The molecule has 0 aliphatic rings. The second kappa shape index (κ2) is 13.6. The van der Waals surface area contributed by atoms with Crippen LogP contribution in [0.2, 0.25) is 0 Å². The van der Waals surface area contributed by atoms with Crippen LogP contribution in [0.3, 0.4) is 0 Å². The number of para-hydroxylation sites is 2. The normalized spacial score (nSPS) is 12.9. The molecule has 0 aliphatic carbocycles. The van der Waals surface area contributed by atoms with E-state index >= 15 is 0 Å². The molecule has 0 radical (unpaired) electrons. The van der Waals surface area contributed by atoms with E-state index in [4.69, 9.17) is 30.5 Å². The molecule has 6 aromatic carbocycles. The standard InChI is InChI=1S/C50H36N6O2/c1-30-39-25-32(34-13-17-49-41(27-34)37-7-3-5-9-47(37)57-49)11-15-45(39)55(43(30)19-22-51)36(29-53)21-24-54-56-44(20-23-52)31(2)40-26-33(12-16-46(40)56)35-14-18-50-42(28-35)38-8-4-6-10-48(38)58-50/h3-29,52-53H,2,51H2,1H3/b22-19-,36-21+,44-20+,52-23?,53-29?,54-24+. The average Bonchev–Trinajstić information content (AvgIpc) is 3.97. The molecule has 58 heavy (non-hydrogen) atoms. The first-order valence-corrected chi connectivity index (χ1v) is 18.9. The summed E-state index contributed by atoms with van der Waals surface area (Å²) in [5.74, 6) is 0. The van der Waals surface area contributed by atoms with Gasteiger partial charge in [-0.3, -0.25) is 0 Å². The minimum atomic E-state index is 0.599. The third-order valence-electron chi connectivity index (χ3n) is 11.1. The number of rotatable bonds is 8. The fraction of sp³-hybridized carbons (Fsp3) is 0.0200. The van der Waals surface area contributed by atoms with E-state index in [9.17, 15) is 0 Å². The first-order chi connectivity index (χ1) is 28.4. The van der Waals surface area contributed by atoms with E-state index in [2.05, 4.69) is 80.2 Å². The van der Waals surface area contributed by atoms with Crippen LogP contribution in [-0.4, -0.2) is 27.9 Å². The van der Waals surface area contributed by atoms with E-state index in [-0.39, 0.29) is 0 Å². The number of benzene rings is 6. The van der Waals surface area contributed by atoms with Crippen molar-refractivity contribution >= 4 is 109 Å². The van der Waals surface area contributed by atoms with Gasteiger partial charge in [-0.05, 0) is 120 Å². The number of allylic oxidation sites excluding steroid dienone is 2. The molecular weight excluding hydrogens is 717 g/mol. The van der Waals surface area contributed by atoms with Gasteiger partial charge in [0.25, 0.3) is 0 Å². The molecule has 4 aromatic heterocycles. The van der Waals surface area contributed by atoms with E-state index in [1.165, 1.54) is 18.6 Å². The maximum absolute atomic E-state index is 8.53. The third kappa shape index (κ3) is 5.42. The number of aryl methyl sites for hydroxylation is 1. The molecular formula is C50H36N6O2. The Labute approximate surface area is 332 Å². The summed E-state index contributed by atoms with van der Waals surface area (Å²) in [4.78, 5) is 0.